The lowest BCUT2D eigenvalue weighted by Crippen LogP contribution is -2.46. The molecule has 1 saturated heterocycles. The summed E-state index contributed by atoms with van der Waals surface area (Å²) >= 11 is 0. The minimum absolute atomic E-state index is 0.258. The van der Waals surface area contributed by atoms with Crippen molar-refractivity contribution in [2.24, 2.45) is 5.92 Å². The molecule has 0 radical (unpaired) electrons. The van der Waals surface area contributed by atoms with Gasteiger partial charge in [0.25, 0.3) is 0 Å². The maximum atomic E-state index is 5.67. The zero-order chi connectivity index (χ0) is 22.0. The zero-order valence-corrected chi connectivity index (χ0v) is 18.4. The number of piperazine rings is 1. The highest BCUT2D eigenvalue weighted by molar-refractivity contribution is 5.62. The highest BCUT2D eigenvalue weighted by Gasteiger charge is 2.38. The fraction of sp³-hybridized carbons (Fsp3) is 0.455. The first-order chi connectivity index (χ1) is 14.9. The number of anilines is 2. The highest BCUT2D eigenvalue weighted by atomic mass is 16.7. The molecule has 2 N–H and O–H groups in total. The van der Waals surface area contributed by atoms with Crippen LogP contribution in [0.5, 0.6) is 0 Å². The summed E-state index contributed by atoms with van der Waals surface area (Å²) in [4.78, 5) is 20.4. The number of nitrogens with two attached hydrogens (primary N) is 1. The number of rotatable bonds is 6. The number of hydrogen-bond acceptors (Lipinski definition) is 9. The van der Waals surface area contributed by atoms with Crippen LogP contribution in [0.2, 0.25) is 0 Å². The Morgan fingerprint density at radius 3 is 2.26 bits per heavy atom. The van der Waals surface area contributed by atoms with Gasteiger partial charge < -0.3 is 20.0 Å². The number of aromatic nitrogens is 4. The van der Waals surface area contributed by atoms with Crippen LogP contribution in [0.25, 0.3) is 11.1 Å². The molecule has 3 aromatic rings. The average molecular weight is 424 g/mol. The summed E-state index contributed by atoms with van der Waals surface area (Å²) in [5.41, 5.74) is 8.27. The summed E-state index contributed by atoms with van der Waals surface area (Å²) < 4.78 is 5.67. The van der Waals surface area contributed by atoms with Crippen molar-refractivity contribution in [3.05, 3.63) is 48.0 Å². The average Bonchev–Trinajstić information content (AvgIpc) is 3.30. The van der Waals surface area contributed by atoms with E-state index >= 15 is 0 Å². The molecule has 31 heavy (non-hydrogen) atoms. The van der Waals surface area contributed by atoms with Gasteiger partial charge in [0.05, 0.1) is 12.5 Å². The molecule has 0 aliphatic carbocycles. The molecule has 1 aliphatic rings. The van der Waals surface area contributed by atoms with Crippen molar-refractivity contribution < 1.29 is 9.36 Å². The van der Waals surface area contributed by atoms with Crippen LogP contribution in [-0.4, -0.2) is 58.5 Å². The van der Waals surface area contributed by atoms with Crippen LogP contribution < -0.4 is 10.6 Å². The Morgan fingerprint density at radius 1 is 1.03 bits per heavy atom. The third-order valence-corrected chi connectivity index (χ3v) is 6.29. The van der Waals surface area contributed by atoms with Crippen LogP contribution in [0.15, 0.2) is 41.2 Å². The summed E-state index contributed by atoms with van der Waals surface area (Å²) in [6.07, 6.45) is 3.46. The summed E-state index contributed by atoms with van der Waals surface area (Å²) in [7, 11) is 1.69. The van der Waals surface area contributed by atoms with E-state index in [0.29, 0.717) is 11.8 Å². The predicted molar refractivity (Wildman–Crippen MR) is 118 cm³/mol. The van der Waals surface area contributed by atoms with E-state index in [0.717, 1.165) is 42.9 Å². The fourth-order valence-corrected chi connectivity index (χ4v) is 3.83. The van der Waals surface area contributed by atoms with Gasteiger partial charge in [-0.2, -0.15) is 10.0 Å². The number of nitrogen functional groups attached to an aromatic ring is 1. The quantitative estimate of drug-likeness (QED) is 0.640. The van der Waals surface area contributed by atoms with Gasteiger partial charge in [0, 0.05) is 44.1 Å². The first kappa shape index (κ1) is 21.2. The molecule has 0 spiro atoms. The summed E-state index contributed by atoms with van der Waals surface area (Å²) in [5, 5.41) is 6.31. The van der Waals surface area contributed by atoms with Crippen molar-refractivity contribution in [3.8, 4) is 11.1 Å². The Kier molecular flexibility index (Phi) is 5.88. The predicted octanol–water partition coefficient (Wildman–Crippen LogP) is 2.75. The number of hydrogen-bond donors (Lipinski definition) is 1. The molecule has 0 saturated carbocycles. The Bertz CT molecular complexity index is 995. The summed E-state index contributed by atoms with van der Waals surface area (Å²) in [6, 6.07) is 8.91. The molecule has 0 bridgehead atoms. The van der Waals surface area contributed by atoms with Crippen LogP contribution in [-0.2, 0) is 10.3 Å². The summed E-state index contributed by atoms with van der Waals surface area (Å²) in [6.45, 7) is 9.68. The Labute approximate surface area is 182 Å². The van der Waals surface area contributed by atoms with E-state index in [2.05, 4.69) is 65.1 Å². The third kappa shape index (κ3) is 4.11. The van der Waals surface area contributed by atoms with Crippen molar-refractivity contribution in [2.45, 2.75) is 26.2 Å². The SMILES string of the molecule is CON1CCN(c2nc(C(C)(c3ccc(-c4cnc(N)nc4)cc3)C(C)C)no2)CC1. The normalized spacial score (nSPS) is 17.1. The minimum atomic E-state index is -0.397. The van der Waals surface area contributed by atoms with Crippen LogP contribution in [0, 0.1) is 5.92 Å². The Balaban J connectivity index is 1.59. The van der Waals surface area contributed by atoms with Crippen molar-refractivity contribution in [1.82, 2.24) is 25.2 Å². The molecule has 164 valence electrons. The maximum Gasteiger partial charge on any atom is 0.324 e. The second kappa shape index (κ2) is 8.60. The van der Waals surface area contributed by atoms with E-state index in [-0.39, 0.29) is 11.9 Å². The van der Waals surface area contributed by atoms with Crippen LogP contribution >= 0.6 is 0 Å². The van der Waals surface area contributed by atoms with Gasteiger partial charge in [0.2, 0.25) is 5.95 Å². The van der Waals surface area contributed by atoms with Gasteiger partial charge >= 0.3 is 6.01 Å². The van der Waals surface area contributed by atoms with E-state index in [1.54, 1.807) is 19.5 Å². The maximum absolute atomic E-state index is 5.67. The molecule has 2 aromatic heterocycles. The fourth-order valence-electron chi connectivity index (χ4n) is 3.83. The number of benzene rings is 1. The molecule has 9 nitrogen and oxygen atoms in total. The minimum Gasteiger partial charge on any atom is -0.368 e. The molecule has 1 unspecified atom stereocenters. The lowest BCUT2D eigenvalue weighted by Gasteiger charge is -2.32. The standard InChI is InChI=1S/C22H29N7O2/c1-15(2)22(3,18-7-5-16(6-8-18)17-13-24-20(23)25-14-17)19-26-21(31-27-19)28-9-11-29(30-4)12-10-28/h5-8,13-15H,9-12H2,1-4H3,(H2,23,24,25). The van der Waals surface area contributed by atoms with E-state index in [1.807, 2.05) is 5.06 Å². The molecule has 1 aliphatic heterocycles. The van der Waals surface area contributed by atoms with Gasteiger partial charge in [-0.15, -0.1) is 0 Å². The molecular formula is C22H29N7O2. The lowest BCUT2D eigenvalue weighted by molar-refractivity contribution is -0.133. The monoisotopic (exact) mass is 423 g/mol. The van der Waals surface area contributed by atoms with Gasteiger partial charge in [-0.3, -0.25) is 0 Å². The number of hydroxylamine groups is 2. The second-order valence-corrected chi connectivity index (χ2v) is 8.26. The third-order valence-electron chi connectivity index (χ3n) is 6.29. The molecule has 1 fully saturated rings. The van der Waals surface area contributed by atoms with E-state index in [4.69, 9.17) is 20.1 Å². The van der Waals surface area contributed by atoms with Gasteiger partial charge in [0.15, 0.2) is 5.82 Å². The lowest BCUT2D eigenvalue weighted by atomic mass is 9.72. The van der Waals surface area contributed by atoms with E-state index in [9.17, 15) is 0 Å². The number of nitrogens with zero attached hydrogens (tertiary/aromatic N) is 6. The summed E-state index contributed by atoms with van der Waals surface area (Å²) in [5.74, 6) is 1.22. The van der Waals surface area contributed by atoms with Crippen molar-refractivity contribution in [3.63, 3.8) is 0 Å². The Morgan fingerprint density at radius 2 is 1.68 bits per heavy atom. The van der Waals surface area contributed by atoms with E-state index in [1.165, 1.54) is 0 Å². The first-order valence-electron chi connectivity index (χ1n) is 10.5. The van der Waals surface area contributed by atoms with Gasteiger partial charge in [0.1, 0.15) is 0 Å². The topological polar surface area (TPSA) is 106 Å². The van der Waals surface area contributed by atoms with Crippen molar-refractivity contribution >= 4 is 12.0 Å². The molecule has 0 amide bonds. The van der Waals surface area contributed by atoms with Crippen molar-refractivity contribution in [1.29, 1.82) is 0 Å². The Hall–Kier alpha value is -3.04. The molecule has 1 atom stereocenters. The van der Waals surface area contributed by atoms with Gasteiger partial charge in [-0.05, 0) is 24.0 Å². The zero-order valence-electron chi connectivity index (χ0n) is 18.4. The molecule has 9 heteroatoms. The smallest absolute Gasteiger partial charge is 0.324 e. The molecular weight excluding hydrogens is 394 g/mol. The van der Waals surface area contributed by atoms with E-state index < -0.39 is 5.41 Å². The molecule has 4 rings (SSSR count). The molecule has 1 aromatic carbocycles. The highest BCUT2D eigenvalue weighted by Crippen LogP contribution is 2.38. The first-order valence-corrected chi connectivity index (χ1v) is 10.5. The van der Waals surface area contributed by atoms with Gasteiger partial charge in [-0.1, -0.05) is 43.3 Å². The van der Waals surface area contributed by atoms with Crippen LogP contribution in [0.1, 0.15) is 32.2 Å². The van der Waals surface area contributed by atoms with Crippen LogP contribution in [0.3, 0.4) is 0 Å². The molecule has 3 heterocycles. The van der Waals surface area contributed by atoms with Crippen molar-refractivity contribution in [2.75, 3.05) is 43.9 Å². The largest absolute Gasteiger partial charge is 0.368 e. The van der Waals surface area contributed by atoms with Crippen LogP contribution in [0.4, 0.5) is 12.0 Å². The van der Waals surface area contributed by atoms with Gasteiger partial charge in [-0.25, -0.2) is 9.97 Å². The second-order valence-electron chi connectivity index (χ2n) is 8.26.